The first kappa shape index (κ1) is 13.6. The normalized spacial score (nSPS) is 12.4. The summed E-state index contributed by atoms with van der Waals surface area (Å²) < 4.78 is 56.7. The van der Waals surface area contributed by atoms with Gasteiger partial charge in [0.2, 0.25) is 0 Å². The molecule has 0 atom stereocenters. The van der Waals surface area contributed by atoms with Crippen LogP contribution in [0.25, 0.3) is 0 Å². The molecule has 0 saturated carbocycles. The predicted octanol–water partition coefficient (Wildman–Crippen LogP) is 0.447. The lowest BCUT2D eigenvalue weighted by Crippen LogP contribution is -2.08. The number of carboxylic acids is 1. The van der Waals surface area contributed by atoms with Crippen molar-refractivity contribution >= 4 is 26.0 Å². The average molecular weight is 282 g/mol. The van der Waals surface area contributed by atoms with Crippen LogP contribution in [0.1, 0.15) is 10.4 Å². The van der Waals surface area contributed by atoms with Crippen molar-refractivity contribution in [2.45, 2.75) is 9.79 Å². The minimum Gasteiger partial charge on any atom is -0.478 e. The number of carboxylic acid groups (broad SMARTS) is 1. The molecule has 0 aliphatic carbocycles. The van der Waals surface area contributed by atoms with E-state index < -0.39 is 41.4 Å². The quantitative estimate of drug-likeness (QED) is 0.807. The van der Waals surface area contributed by atoms with E-state index in [2.05, 4.69) is 0 Å². The summed E-state index contributed by atoms with van der Waals surface area (Å²) in [6.07, 6.45) is 0.655. The number of benzene rings is 1. The molecule has 9 heteroatoms. The third-order valence-electron chi connectivity index (χ3n) is 1.85. The summed E-state index contributed by atoms with van der Waals surface area (Å²) in [5.41, 5.74) is -0.446. The molecule has 94 valence electrons. The zero-order valence-corrected chi connectivity index (χ0v) is 10.0. The maximum atomic E-state index is 12.8. The van der Waals surface area contributed by atoms with E-state index in [1.54, 1.807) is 0 Å². The van der Waals surface area contributed by atoms with Gasteiger partial charge in [0.15, 0.2) is 9.84 Å². The lowest BCUT2D eigenvalue weighted by Gasteiger charge is -2.05. The average Bonchev–Trinajstić information content (AvgIpc) is 2.14. The Bertz CT molecular complexity index is 674. The highest BCUT2D eigenvalue weighted by Crippen LogP contribution is 2.24. The molecule has 0 radical (unpaired) electrons. The molecule has 1 aromatic rings. The van der Waals surface area contributed by atoms with Crippen molar-refractivity contribution in [2.24, 2.45) is 0 Å². The van der Waals surface area contributed by atoms with E-state index in [1.807, 2.05) is 0 Å². The Balaban J connectivity index is 3.73. The minimum absolute atomic E-state index is 0.446. The third kappa shape index (κ3) is 3.01. The van der Waals surface area contributed by atoms with E-state index in [4.69, 9.17) is 5.11 Å². The third-order valence-corrected chi connectivity index (χ3v) is 4.00. The van der Waals surface area contributed by atoms with E-state index >= 15 is 0 Å². The van der Waals surface area contributed by atoms with Crippen molar-refractivity contribution in [3.63, 3.8) is 0 Å². The molecular weight excluding hydrogens is 275 g/mol. The van der Waals surface area contributed by atoms with Crippen LogP contribution in [0.2, 0.25) is 0 Å². The lowest BCUT2D eigenvalue weighted by molar-refractivity contribution is 0.0696. The van der Waals surface area contributed by atoms with Gasteiger partial charge in [-0.3, -0.25) is 0 Å². The molecule has 0 unspecified atom stereocenters. The van der Waals surface area contributed by atoms with Crippen LogP contribution in [0.3, 0.4) is 0 Å². The van der Waals surface area contributed by atoms with Crippen molar-refractivity contribution in [2.75, 3.05) is 6.26 Å². The fraction of sp³-hybridized carbons (Fsp3) is 0.125. The number of carbonyl (C=O) groups is 1. The maximum absolute atomic E-state index is 12.8. The molecule has 0 fully saturated rings. The predicted molar refractivity (Wildman–Crippen MR) is 54.8 cm³/mol. The Morgan fingerprint density at radius 1 is 1.18 bits per heavy atom. The second-order valence-electron chi connectivity index (χ2n) is 3.18. The van der Waals surface area contributed by atoms with E-state index in [1.165, 1.54) is 0 Å². The molecule has 0 amide bonds. The number of hydrogen-bond donors (Lipinski definition) is 1. The van der Waals surface area contributed by atoms with Gasteiger partial charge in [-0.15, -0.1) is 3.89 Å². The molecule has 1 aromatic carbocycles. The Morgan fingerprint density at radius 2 is 1.71 bits per heavy atom. The summed E-state index contributed by atoms with van der Waals surface area (Å²) in [6, 6.07) is 2.02. The summed E-state index contributed by atoms with van der Waals surface area (Å²) >= 11 is 0. The highest BCUT2D eigenvalue weighted by molar-refractivity contribution is 7.92. The summed E-state index contributed by atoms with van der Waals surface area (Å²) in [4.78, 5) is 8.66. The summed E-state index contributed by atoms with van der Waals surface area (Å²) in [6.45, 7) is 0. The highest BCUT2D eigenvalue weighted by Gasteiger charge is 2.24. The molecule has 17 heavy (non-hydrogen) atoms. The topological polar surface area (TPSA) is 106 Å². The summed E-state index contributed by atoms with van der Waals surface area (Å²) in [5, 5.41) is 8.63. The molecule has 0 aromatic heterocycles. The molecule has 6 nitrogen and oxygen atoms in total. The van der Waals surface area contributed by atoms with Crippen molar-refractivity contribution in [3.05, 3.63) is 23.8 Å². The smallest absolute Gasteiger partial charge is 0.335 e. The van der Waals surface area contributed by atoms with E-state index in [0.717, 1.165) is 6.07 Å². The molecule has 0 bridgehead atoms. The molecule has 0 aliphatic rings. The van der Waals surface area contributed by atoms with Crippen molar-refractivity contribution in [1.82, 2.24) is 0 Å². The zero-order chi connectivity index (χ0) is 13.4. The van der Waals surface area contributed by atoms with E-state index in [9.17, 15) is 25.5 Å². The molecule has 1 N–H and O–H groups in total. The van der Waals surface area contributed by atoms with Gasteiger partial charge in [-0.1, -0.05) is 0 Å². The van der Waals surface area contributed by atoms with E-state index in [0.29, 0.717) is 18.4 Å². The molecule has 1 rings (SSSR count). The van der Waals surface area contributed by atoms with Crippen molar-refractivity contribution in [1.29, 1.82) is 0 Å². The Hall–Kier alpha value is -1.48. The highest BCUT2D eigenvalue weighted by atomic mass is 32.3. The van der Waals surface area contributed by atoms with Gasteiger partial charge < -0.3 is 5.11 Å². The van der Waals surface area contributed by atoms with Crippen LogP contribution in [-0.2, 0) is 20.1 Å². The number of sulfone groups is 1. The minimum atomic E-state index is -5.23. The molecule has 0 saturated heterocycles. The van der Waals surface area contributed by atoms with Crippen LogP contribution in [0.15, 0.2) is 28.0 Å². The molecule has 0 spiro atoms. The number of rotatable bonds is 3. The maximum Gasteiger partial charge on any atom is 0.335 e. The van der Waals surface area contributed by atoms with Gasteiger partial charge in [-0.05, 0) is 18.2 Å². The summed E-state index contributed by atoms with van der Waals surface area (Å²) in [7, 11) is -9.29. The number of halogens is 1. The summed E-state index contributed by atoms with van der Waals surface area (Å²) in [5.74, 6) is -1.45. The van der Waals surface area contributed by atoms with Gasteiger partial charge in [0.25, 0.3) is 0 Å². The first-order chi connectivity index (χ1) is 7.53. The molecule has 0 heterocycles. The van der Waals surface area contributed by atoms with Crippen molar-refractivity contribution in [3.8, 4) is 0 Å². The fourth-order valence-electron chi connectivity index (χ4n) is 1.13. The monoisotopic (exact) mass is 282 g/mol. The van der Waals surface area contributed by atoms with Crippen LogP contribution in [0.5, 0.6) is 0 Å². The second kappa shape index (κ2) is 4.08. The Morgan fingerprint density at radius 3 is 2.06 bits per heavy atom. The fourth-order valence-corrected chi connectivity index (χ4v) is 3.19. The van der Waals surface area contributed by atoms with Gasteiger partial charge in [0.1, 0.15) is 4.90 Å². The van der Waals surface area contributed by atoms with Gasteiger partial charge in [-0.25, -0.2) is 13.2 Å². The largest absolute Gasteiger partial charge is 0.478 e. The van der Waals surface area contributed by atoms with Gasteiger partial charge in [0.05, 0.1) is 10.5 Å². The van der Waals surface area contributed by atoms with Crippen LogP contribution in [0.4, 0.5) is 3.89 Å². The number of aromatic carboxylic acids is 1. The second-order valence-corrected chi connectivity index (χ2v) is 6.48. The first-order valence-electron chi connectivity index (χ1n) is 4.05. The van der Waals surface area contributed by atoms with Gasteiger partial charge in [0, 0.05) is 6.26 Å². The Kier molecular flexibility index (Phi) is 3.26. The molecule has 0 aliphatic heterocycles. The van der Waals surface area contributed by atoms with Crippen molar-refractivity contribution < 1.29 is 30.6 Å². The van der Waals surface area contributed by atoms with Crippen LogP contribution in [0, 0.1) is 0 Å². The molecular formula is C8H7FO6S2. The van der Waals surface area contributed by atoms with Crippen LogP contribution < -0.4 is 0 Å². The Labute approximate surface area is 96.8 Å². The van der Waals surface area contributed by atoms with Gasteiger partial charge in [-0.2, -0.15) is 8.42 Å². The SMILES string of the molecule is CS(=O)(=O)c1cc(C(=O)O)ccc1S(=O)(=O)F. The zero-order valence-electron chi connectivity index (χ0n) is 8.41. The first-order valence-corrected chi connectivity index (χ1v) is 7.33. The number of hydrogen-bond acceptors (Lipinski definition) is 5. The van der Waals surface area contributed by atoms with Gasteiger partial charge >= 0.3 is 16.2 Å². The standard InChI is InChI=1S/C8H7FO6S2/c1-16(12,13)7-4-5(8(10)11)2-3-6(7)17(9,14)15/h2-4H,1H3,(H,10,11). The van der Waals surface area contributed by atoms with Crippen LogP contribution in [-0.4, -0.2) is 34.2 Å². The lowest BCUT2D eigenvalue weighted by atomic mass is 10.2. The van der Waals surface area contributed by atoms with E-state index in [-0.39, 0.29) is 0 Å². The van der Waals surface area contributed by atoms with Crippen LogP contribution >= 0.6 is 0 Å².